The van der Waals surface area contributed by atoms with Crippen LogP contribution in [0.3, 0.4) is 0 Å². The highest BCUT2D eigenvalue weighted by Crippen LogP contribution is 2.41. The Morgan fingerprint density at radius 1 is 1.21 bits per heavy atom. The van der Waals surface area contributed by atoms with Crippen LogP contribution in [-0.4, -0.2) is 35.6 Å². The molecule has 5 heteroatoms. The lowest BCUT2D eigenvalue weighted by atomic mass is 9.99. The molecule has 0 saturated heterocycles. The van der Waals surface area contributed by atoms with E-state index in [0.717, 1.165) is 41.9 Å². The van der Waals surface area contributed by atoms with Gasteiger partial charge in [0.05, 0.1) is 12.2 Å². The van der Waals surface area contributed by atoms with Crippen LogP contribution in [0.1, 0.15) is 42.5 Å². The van der Waals surface area contributed by atoms with E-state index >= 15 is 0 Å². The van der Waals surface area contributed by atoms with Gasteiger partial charge in [0.2, 0.25) is 0 Å². The molecule has 2 aromatic rings. The lowest BCUT2D eigenvalue weighted by Crippen LogP contribution is -2.30. The number of nitrogens with zero attached hydrogens (tertiary/aromatic N) is 1. The van der Waals surface area contributed by atoms with E-state index in [2.05, 4.69) is 42.3 Å². The predicted octanol–water partition coefficient (Wildman–Crippen LogP) is 3.88. The maximum atomic E-state index is 12.6. The van der Waals surface area contributed by atoms with Gasteiger partial charge < -0.3 is 15.2 Å². The fraction of sp³-hybridized carbons (Fsp3) is 0.375. The Morgan fingerprint density at radius 3 is 2.83 bits per heavy atom. The SMILES string of the molecule is CCC(C)CN(CCO)Cc1ccc2c(c1)CO/C2=C1/C(=O)Nc2ccccc21. The second kappa shape index (κ2) is 8.39. The van der Waals surface area contributed by atoms with E-state index < -0.39 is 0 Å². The molecule has 152 valence electrons. The number of benzene rings is 2. The number of hydrogen-bond donors (Lipinski definition) is 2. The fourth-order valence-corrected chi connectivity index (χ4v) is 4.07. The third kappa shape index (κ3) is 3.93. The molecule has 2 aliphatic heterocycles. The average molecular weight is 392 g/mol. The first kappa shape index (κ1) is 19.7. The zero-order valence-corrected chi connectivity index (χ0v) is 17.1. The van der Waals surface area contributed by atoms with Crippen LogP contribution in [0, 0.1) is 5.92 Å². The number of hydrogen-bond acceptors (Lipinski definition) is 4. The van der Waals surface area contributed by atoms with Crippen molar-refractivity contribution >= 4 is 22.9 Å². The van der Waals surface area contributed by atoms with Crippen LogP contribution in [0.15, 0.2) is 42.5 Å². The molecule has 29 heavy (non-hydrogen) atoms. The molecule has 0 fully saturated rings. The van der Waals surface area contributed by atoms with Gasteiger partial charge >= 0.3 is 0 Å². The van der Waals surface area contributed by atoms with Crippen LogP contribution in [0.4, 0.5) is 5.69 Å². The van der Waals surface area contributed by atoms with Gasteiger partial charge in [-0.1, -0.05) is 56.7 Å². The molecule has 2 N–H and O–H groups in total. The second-order valence-corrected chi connectivity index (χ2v) is 7.96. The van der Waals surface area contributed by atoms with Crippen molar-refractivity contribution in [3.63, 3.8) is 0 Å². The van der Waals surface area contributed by atoms with Gasteiger partial charge in [0.1, 0.15) is 12.4 Å². The molecule has 0 bridgehead atoms. The Kier molecular flexibility index (Phi) is 5.69. The first-order chi connectivity index (χ1) is 14.1. The van der Waals surface area contributed by atoms with E-state index in [9.17, 15) is 9.90 Å². The van der Waals surface area contributed by atoms with Crippen molar-refractivity contribution in [3.8, 4) is 0 Å². The Balaban J connectivity index is 1.61. The normalized spacial score (nSPS) is 18.4. The molecule has 4 rings (SSSR count). The summed E-state index contributed by atoms with van der Waals surface area (Å²) in [6.45, 7) is 7.51. The quantitative estimate of drug-likeness (QED) is 0.702. The summed E-state index contributed by atoms with van der Waals surface area (Å²) in [7, 11) is 0. The highest BCUT2D eigenvalue weighted by atomic mass is 16.5. The zero-order valence-electron chi connectivity index (χ0n) is 17.1. The van der Waals surface area contributed by atoms with Crippen molar-refractivity contribution in [1.29, 1.82) is 0 Å². The van der Waals surface area contributed by atoms with Gasteiger partial charge in [-0.05, 0) is 17.5 Å². The number of rotatable bonds is 7. The summed E-state index contributed by atoms with van der Waals surface area (Å²) >= 11 is 0. The van der Waals surface area contributed by atoms with Crippen molar-refractivity contribution in [2.75, 3.05) is 25.0 Å². The van der Waals surface area contributed by atoms with E-state index in [-0.39, 0.29) is 12.5 Å². The molecule has 0 spiro atoms. The van der Waals surface area contributed by atoms with Gasteiger partial charge in [0, 0.05) is 42.0 Å². The van der Waals surface area contributed by atoms with Crippen molar-refractivity contribution < 1.29 is 14.6 Å². The highest BCUT2D eigenvalue weighted by molar-refractivity contribution is 6.36. The smallest absolute Gasteiger partial charge is 0.260 e. The third-order valence-corrected chi connectivity index (χ3v) is 5.77. The van der Waals surface area contributed by atoms with Crippen molar-refractivity contribution in [2.24, 2.45) is 5.92 Å². The number of amides is 1. The topological polar surface area (TPSA) is 61.8 Å². The highest BCUT2D eigenvalue weighted by Gasteiger charge is 2.32. The van der Waals surface area contributed by atoms with Gasteiger partial charge in [0.15, 0.2) is 0 Å². The largest absolute Gasteiger partial charge is 0.487 e. The first-order valence-electron chi connectivity index (χ1n) is 10.3. The monoisotopic (exact) mass is 392 g/mol. The third-order valence-electron chi connectivity index (χ3n) is 5.77. The number of ether oxygens (including phenoxy) is 1. The van der Waals surface area contributed by atoms with Crippen molar-refractivity contribution in [1.82, 2.24) is 4.90 Å². The minimum absolute atomic E-state index is 0.110. The number of carbonyl (C=O) groups excluding carboxylic acids is 1. The molecule has 2 aromatic carbocycles. The summed E-state index contributed by atoms with van der Waals surface area (Å²) < 4.78 is 5.99. The summed E-state index contributed by atoms with van der Waals surface area (Å²) in [5.74, 6) is 1.15. The van der Waals surface area contributed by atoms with Crippen LogP contribution in [-0.2, 0) is 22.7 Å². The van der Waals surface area contributed by atoms with Gasteiger partial charge in [-0.25, -0.2) is 0 Å². The molecule has 0 radical (unpaired) electrons. The Bertz CT molecular complexity index is 951. The van der Waals surface area contributed by atoms with Gasteiger partial charge in [-0.15, -0.1) is 0 Å². The van der Waals surface area contributed by atoms with E-state index in [1.807, 2.05) is 24.3 Å². The molecular weight excluding hydrogens is 364 g/mol. The summed E-state index contributed by atoms with van der Waals surface area (Å²) in [5.41, 5.74) is 5.64. The Labute approximate surface area is 172 Å². The number of anilines is 1. The predicted molar refractivity (Wildman–Crippen MR) is 115 cm³/mol. The van der Waals surface area contributed by atoms with Gasteiger partial charge in [-0.2, -0.15) is 0 Å². The summed E-state index contributed by atoms with van der Waals surface area (Å²) in [5, 5.41) is 12.3. The fourth-order valence-electron chi connectivity index (χ4n) is 4.07. The maximum absolute atomic E-state index is 12.6. The molecule has 5 nitrogen and oxygen atoms in total. The number of fused-ring (bicyclic) bond motifs is 2. The minimum atomic E-state index is -0.110. The molecule has 1 amide bonds. The van der Waals surface area contributed by atoms with Crippen LogP contribution in [0.2, 0.25) is 0 Å². The molecule has 1 unspecified atom stereocenters. The van der Waals surface area contributed by atoms with E-state index in [4.69, 9.17) is 4.74 Å². The van der Waals surface area contributed by atoms with Crippen molar-refractivity contribution in [2.45, 2.75) is 33.4 Å². The summed E-state index contributed by atoms with van der Waals surface area (Å²) in [6.07, 6.45) is 1.13. The maximum Gasteiger partial charge on any atom is 0.260 e. The van der Waals surface area contributed by atoms with Gasteiger partial charge in [-0.3, -0.25) is 9.69 Å². The molecule has 0 saturated carbocycles. The summed E-state index contributed by atoms with van der Waals surface area (Å²) in [4.78, 5) is 14.9. The van der Waals surface area contributed by atoms with E-state index in [1.165, 1.54) is 5.56 Å². The van der Waals surface area contributed by atoms with E-state index in [0.29, 0.717) is 30.4 Å². The van der Waals surface area contributed by atoms with Crippen molar-refractivity contribution in [3.05, 3.63) is 64.7 Å². The van der Waals surface area contributed by atoms with Gasteiger partial charge in [0.25, 0.3) is 5.91 Å². The first-order valence-corrected chi connectivity index (χ1v) is 10.3. The number of para-hydroxylation sites is 1. The lowest BCUT2D eigenvalue weighted by Gasteiger charge is -2.24. The Morgan fingerprint density at radius 2 is 2.03 bits per heavy atom. The average Bonchev–Trinajstić information content (AvgIpc) is 3.27. The zero-order chi connectivity index (χ0) is 20.4. The van der Waals surface area contributed by atoms with E-state index in [1.54, 1.807) is 0 Å². The standard InChI is InChI=1S/C24H28N2O3/c1-3-16(2)13-26(10-11-27)14-17-8-9-19-18(12-17)15-29-23(19)22-20-6-4-5-7-21(20)25-24(22)28/h4-9,12,16,27H,3,10-11,13-15H2,1-2H3,(H,25,28)/b23-22+. The molecule has 0 aromatic heterocycles. The Hall–Kier alpha value is -2.63. The number of carbonyl (C=O) groups is 1. The summed E-state index contributed by atoms with van der Waals surface area (Å²) in [6, 6.07) is 14.1. The number of nitrogens with one attached hydrogen (secondary N) is 1. The lowest BCUT2D eigenvalue weighted by molar-refractivity contribution is -0.110. The number of aliphatic hydroxyl groups excluding tert-OH is 1. The molecular formula is C24H28N2O3. The molecule has 2 heterocycles. The molecule has 1 atom stereocenters. The molecule has 0 aliphatic carbocycles. The van der Waals surface area contributed by atoms with Crippen LogP contribution >= 0.6 is 0 Å². The number of aliphatic hydroxyl groups is 1. The van der Waals surface area contributed by atoms with Crippen LogP contribution < -0.4 is 5.32 Å². The molecule has 2 aliphatic rings. The van der Waals surface area contributed by atoms with Crippen LogP contribution in [0.25, 0.3) is 11.3 Å². The van der Waals surface area contributed by atoms with Crippen LogP contribution in [0.5, 0.6) is 0 Å². The second-order valence-electron chi connectivity index (χ2n) is 7.96. The minimum Gasteiger partial charge on any atom is -0.487 e.